The van der Waals surface area contributed by atoms with Crippen LogP contribution in [0.4, 0.5) is 5.69 Å². The van der Waals surface area contributed by atoms with Crippen LogP contribution >= 0.6 is 11.6 Å². The summed E-state index contributed by atoms with van der Waals surface area (Å²) in [6.45, 7) is 0.582. The molecule has 0 aliphatic rings. The molecule has 3 nitrogen and oxygen atoms in total. The van der Waals surface area contributed by atoms with Gasteiger partial charge in [0.05, 0.1) is 0 Å². The van der Waals surface area contributed by atoms with E-state index in [1.165, 1.54) is 0 Å². The minimum Gasteiger partial charge on any atom is -0.376 e. The molecule has 100 valence electrons. The lowest BCUT2D eigenvalue weighted by Crippen LogP contribution is -2.13. The first kappa shape index (κ1) is 12.8. The van der Waals surface area contributed by atoms with Crippen molar-refractivity contribution in [1.29, 1.82) is 0 Å². The van der Waals surface area contributed by atoms with E-state index in [0.29, 0.717) is 17.3 Å². The molecule has 3 rings (SSSR count). The van der Waals surface area contributed by atoms with Crippen molar-refractivity contribution < 1.29 is 0 Å². The van der Waals surface area contributed by atoms with Gasteiger partial charge in [-0.2, -0.15) is 0 Å². The molecule has 0 atom stereocenters. The maximum atomic E-state index is 12.0. The van der Waals surface area contributed by atoms with Gasteiger partial charge in [-0.3, -0.25) is 4.79 Å². The number of fused-ring (bicyclic) bond motifs is 1. The van der Waals surface area contributed by atoms with Gasteiger partial charge < -0.3 is 10.3 Å². The molecule has 0 saturated carbocycles. The van der Waals surface area contributed by atoms with Crippen molar-refractivity contribution in [3.8, 4) is 0 Å². The zero-order valence-electron chi connectivity index (χ0n) is 10.7. The zero-order chi connectivity index (χ0) is 13.9. The first-order chi connectivity index (χ1) is 9.72. The molecule has 0 unspecified atom stereocenters. The Hall–Kier alpha value is -2.26. The highest BCUT2D eigenvalue weighted by molar-refractivity contribution is 6.30. The summed E-state index contributed by atoms with van der Waals surface area (Å²) in [6, 6.07) is 17.1. The Labute approximate surface area is 121 Å². The Morgan fingerprint density at radius 3 is 2.60 bits per heavy atom. The van der Waals surface area contributed by atoms with Crippen molar-refractivity contribution in [2.75, 3.05) is 5.32 Å². The van der Waals surface area contributed by atoms with Crippen LogP contribution in [0.5, 0.6) is 0 Å². The average molecular weight is 285 g/mol. The summed E-state index contributed by atoms with van der Waals surface area (Å²) in [5, 5.41) is 4.87. The van der Waals surface area contributed by atoms with Crippen molar-refractivity contribution in [2.45, 2.75) is 6.54 Å². The number of aromatic nitrogens is 1. The van der Waals surface area contributed by atoms with Crippen molar-refractivity contribution >= 4 is 28.2 Å². The number of hydrogen-bond donors (Lipinski definition) is 2. The summed E-state index contributed by atoms with van der Waals surface area (Å²) in [6.07, 6.45) is 0. The summed E-state index contributed by atoms with van der Waals surface area (Å²) in [5.41, 5.74) is 2.37. The van der Waals surface area contributed by atoms with E-state index in [-0.39, 0.29) is 5.56 Å². The average Bonchev–Trinajstić information content (AvgIpc) is 2.47. The fraction of sp³-hybridized carbons (Fsp3) is 0.0625. The first-order valence-electron chi connectivity index (χ1n) is 6.33. The van der Waals surface area contributed by atoms with Crippen LogP contribution in [-0.2, 0) is 6.54 Å². The molecule has 0 spiro atoms. The Kier molecular flexibility index (Phi) is 3.44. The number of benzene rings is 2. The second-order valence-corrected chi connectivity index (χ2v) is 5.02. The number of halogens is 1. The van der Waals surface area contributed by atoms with Crippen molar-refractivity contribution in [3.05, 3.63) is 75.5 Å². The number of rotatable bonds is 3. The smallest absolute Gasteiger partial charge is 0.271 e. The Bertz CT molecular complexity index is 793. The van der Waals surface area contributed by atoms with Crippen LogP contribution < -0.4 is 10.9 Å². The van der Waals surface area contributed by atoms with E-state index in [4.69, 9.17) is 11.6 Å². The highest BCUT2D eigenvalue weighted by Crippen LogP contribution is 2.14. The van der Waals surface area contributed by atoms with Crippen molar-refractivity contribution in [3.63, 3.8) is 0 Å². The number of H-pyrrole nitrogens is 1. The van der Waals surface area contributed by atoms with Crippen molar-refractivity contribution in [2.24, 2.45) is 0 Å². The van der Waals surface area contributed by atoms with Gasteiger partial charge in [-0.1, -0.05) is 41.9 Å². The summed E-state index contributed by atoms with van der Waals surface area (Å²) in [5.74, 6) is 0. The molecule has 2 aromatic carbocycles. The van der Waals surface area contributed by atoms with Gasteiger partial charge in [0.2, 0.25) is 0 Å². The van der Waals surface area contributed by atoms with Gasteiger partial charge >= 0.3 is 0 Å². The quantitative estimate of drug-likeness (QED) is 0.768. The fourth-order valence-electron chi connectivity index (χ4n) is 2.08. The fourth-order valence-corrected chi connectivity index (χ4v) is 2.20. The minimum atomic E-state index is -0.113. The van der Waals surface area contributed by atoms with Crippen molar-refractivity contribution in [1.82, 2.24) is 4.98 Å². The molecule has 0 saturated heterocycles. The largest absolute Gasteiger partial charge is 0.376 e. The second-order valence-electron chi connectivity index (χ2n) is 4.58. The summed E-state index contributed by atoms with van der Waals surface area (Å²) >= 11 is 5.84. The van der Waals surface area contributed by atoms with E-state index >= 15 is 0 Å². The van der Waals surface area contributed by atoms with Crippen LogP contribution in [0.3, 0.4) is 0 Å². The van der Waals surface area contributed by atoms with E-state index in [1.807, 2.05) is 54.6 Å². The molecular formula is C16H13ClN2O. The third kappa shape index (κ3) is 2.68. The Balaban J connectivity index is 1.85. The molecule has 0 aliphatic carbocycles. The van der Waals surface area contributed by atoms with Crippen LogP contribution in [-0.4, -0.2) is 4.98 Å². The third-order valence-electron chi connectivity index (χ3n) is 3.15. The van der Waals surface area contributed by atoms with Crippen LogP contribution in [0.1, 0.15) is 5.56 Å². The number of aromatic amines is 1. The minimum absolute atomic E-state index is 0.113. The number of hydrogen-bond acceptors (Lipinski definition) is 2. The van der Waals surface area contributed by atoms with Crippen LogP contribution in [0, 0.1) is 0 Å². The highest BCUT2D eigenvalue weighted by Gasteiger charge is 2.02. The molecule has 0 bridgehead atoms. The molecule has 3 aromatic rings. The second kappa shape index (κ2) is 5.39. The SMILES string of the molecule is O=c1[nH]c2ccccc2cc1NCc1ccc(Cl)cc1. The molecule has 1 heterocycles. The van der Waals surface area contributed by atoms with E-state index in [1.54, 1.807) is 0 Å². The van der Waals surface area contributed by atoms with Gasteiger partial charge in [0.25, 0.3) is 5.56 Å². The normalized spacial score (nSPS) is 10.7. The first-order valence-corrected chi connectivity index (χ1v) is 6.70. The molecule has 0 radical (unpaired) electrons. The molecule has 0 aliphatic heterocycles. The predicted octanol–water partition coefficient (Wildman–Crippen LogP) is 3.79. The lowest BCUT2D eigenvalue weighted by atomic mass is 10.2. The number of pyridine rings is 1. The van der Waals surface area contributed by atoms with E-state index < -0.39 is 0 Å². The molecule has 0 fully saturated rings. The van der Waals surface area contributed by atoms with Crippen LogP contribution in [0.25, 0.3) is 10.9 Å². The monoisotopic (exact) mass is 284 g/mol. The van der Waals surface area contributed by atoms with Gasteiger partial charge in [0.15, 0.2) is 0 Å². The van der Waals surface area contributed by atoms with Gasteiger partial charge in [-0.25, -0.2) is 0 Å². The molecule has 4 heteroatoms. The Morgan fingerprint density at radius 1 is 1.05 bits per heavy atom. The zero-order valence-corrected chi connectivity index (χ0v) is 11.4. The van der Waals surface area contributed by atoms with Gasteiger partial charge in [-0.15, -0.1) is 0 Å². The van der Waals surface area contributed by atoms with E-state index in [9.17, 15) is 4.79 Å². The van der Waals surface area contributed by atoms with E-state index in [0.717, 1.165) is 16.5 Å². The summed E-state index contributed by atoms with van der Waals surface area (Å²) in [4.78, 5) is 14.8. The standard InChI is InChI=1S/C16H13ClN2O/c17-13-7-5-11(6-8-13)10-18-15-9-12-3-1-2-4-14(12)19-16(15)20/h1-9,18H,10H2,(H,19,20). The molecular weight excluding hydrogens is 272 g/mol. The Morgan fingerprint density at radius 2 is 1.80 bits per heavy atom. The van der Waals surface area contributed by atoms with E-state index in [2.05, 4.69) is 10.3 Å². The maximum Gasteiger partial charge on any atom is 0.271 e. The molecule has 2 N–H and O–H groups in total. The van der Waals surface area contributed by atoms with Crippen LogP contribution in [0.2, 0.25) is 5.02 Å². The van der Waals surface area contributed by atoms with Gasteiger partial charge in [-0.05, 0) is 29.8 Å². The third-order valence-corrected chi connectivity index (χ3v) is 3.40. The number of para-hydroxylation sites is 1. The highest BCUT2D eigenvalue weighted by atomic mass is 35.5. The lowest BCUT2D eigenvalue weighted by molar-refractivity contribution is 1.13. The molecule has 0 amide bonds. The molecule has 1 aromatic heterocycles. The number of anilines is 1. The van der Waals surface area contributed by atoms with Gasteiger partial charge in [0.1, 0.15) is 5.69 Å². The summed E-state index contributed by atoms with van der Waals surface area (Å²) in [7, 11) is 0. The molecule has 20 heavy (non-hydrogen) atoms. The predicted molar refractivity (Wildman–Crippen MR) is 83.3 cm³/mol. The lowest BCUT2D eigenvalue weighted by Gasteiger charge is -2.07. The maximum absolute atomic E-state index is 12.0. The number of nitrogens with one attached hydrogen (secondary N) is 2. The van der Waals surface area contributed by atoms with Crippen LogP contribution in [0.15, 0.2) is 59.4 Å². The topological polar surface area (TPSA) is 44.9 Å². The summed E-state index contributed by atoms with van der Waals surface area (Å²) < 4.78 is 0. The van der Waals surface area contributed by atoms with Gasteiger partial charge in [0, 0.05) is 22.5 Å².